The van der Waals surface area contributed by atoms with Gasteiger partial charge in [-0.1, -0.05) is 38.5 Å². The summed E-state index contributed by atoms with van der Waals surface area (Å²) in [6.45, 7) is 9.10. The van der Waals surface area contributed by atoms with Crippen LogP contribution in [-0.2, 0) is 0 Å². The summed E-state index contributed by atoms with van der Waals surface area (Å²) in [4.78, 5) is 0. The van der Waals surface area contributed by atoms with Gasteiger partial charge in [-0.05, 0) is 30.8 Å². The van der Waals surface area contributed by atoms with E-state index in [2.05, 4.69) is 39.8 Å². The molecule has 1 aliphatic carbocycles. The normalized spacial score (nSPS) is 31.3. The van der Waals surface area contributed by atoms with Crippen molar-refractivity contribution in [3.63, 3.8) is 0 Å². The van der Waals surface area contributed by atoms with Gasteiger partial charge in [0.1, 0.15) is 0 Å². The fraction of sp³-hybridized carbons (Fsp3) is 0.636. The van der Waals surface area contributed by atoms with Crippen molar-refractivity contribution < 1.29 is 0 Å². The fourth-order valence-electron chi connectivity index (χ4n) is 1.65. The van der Waals surface area contributed by atoms with Crippen molar-refractivity contribution in [1.29, 1.82) is 0 Å². The van der Waals surface area contributed by atoms with Gasteiger partial charge in [0.2, 0.25) is 0 Å². The van der Waals surface area contributed by atoms with E-state index >= 15 is 0 Å². The molecular weight excluding hydrogens is 132 g/mol. The molecule has 0 spiro atoms. The van der Waals surface area contributed by atoms with Crippen LogP contribution >= 0.6 is 0 Å². The zero-order valence-electron chi connectivity index (χ0n) is 8.02. The largest absolute Gasteiger partial charge is 0.0808 e. The topological polar surface area (TPSA) is 0 Å². The second kappa shape index (κ2) is 3.25. The third-order valence-corrected chi connectivity index (χ3v) is 2.96. The van der Waals surface area contributed by atoms with E-state index in [1.54, 1.807) is 5.57 Å². The van der Waals surface area contributed by atoms with E-state index in [0.717, 1.165) is 11.8 Å². The molecule has 11 heavy (non-hydrogen) atoms. The number of allylic oxidation sites excluding steroid dienone is 4. The highest BCUT2D eigenvalue weighted by molar-refractivity contribution is 5.30. The molecule has 0 bridgehead atoms. The average molecular weight is 150 g/mol. The molecule has 62 valence electrons. The summed E-state index contributed by atoms with van der Waals surface area (Å²) in [7, 11) is 0. The molecule has 0 saturated carbocycles. The Morgan fingerprint density at radius 2 is 2.00 bits per heavy atom. The highest BCUT2D eigenvalue weighted by atomic mass is 14.2. The second-order valence-electron chi connectivity index (χ2n) is 3.57. The molecule has 0 fully saturated rings. The Hall–Kier alpha value is -0.520. The van der Waals surface area contributed by atoms with E-state index in [-0.39, 0.29) is 0 Å². The second-order valence-corrected chi connectivity index (χ2v) is 3.57. The number of hydrogen-bond donors (Lipinski definition) is 0. The maximum atomic E-state index is 2.33. The molecule has 0 amide bonds. The molecule has 2 unspecified atom stereocenters. The molecule has 0 N–H and O–H groups in total. The number of rotatable bonds is 1. The first-order valence-corrected chi connectivity index (χ1v) is 4.54. The van der Waals surface area contributed by atoms with Gasteiger partial charge in [-0.2, -0.15) is 0 Å². The van der Waals surface area contributed by atoms with Crippen LogP contribution in [-0.4, -0.2) is 0 Å². The van der Waals surface area contributed by atoms with Gasteiger partial charge in [-0.25, -0.2) is 0 Å². The summed E-state index contributed by atoms with van der Waals surface area (Å²) in [5.41, 5.74) is 3.12. The minimum absolute atomic E-state index is 0.727. The van der Waals surface area contributed by atoms with Gasteiger partial charge in [-0.3, -0.25) is 0 Å². The van der Waals surface area contributed by atoms with E-state index in [1.807, 2.05) is 0 Å². The summed E-state index contributed by atoms with van der Waals surface area (Å²) in [5.74, 6) is 1.47. The van der Waals surface area contributed by atoms with Gasteiger partial charge < -0.3 is 0 Å². The molecule has 0 aromatic carbocycles. The number of hydrogen-bond acceptors (Lipinski definition) is 0. The molecule has 0 heterocycles. The monoisotopic (exact) mass is 150 g/mol. The zero-order chi connectivity index (χ0) is 8.43. The molecule has 0 aromatic heterocycles. The van der Waals surface area contributed by atoms with Crippen molar-refractivity contribution in [3.8, 4) is 0 Å². The lowest BCUT2D eigenvalue weighted by Gasteiger charge is -2.24. The molecule has 0 saturated heterocycles. The van der Waals surface area contributed by atoms with Crippen molar-refractivity contribution in [1.82, 2.24) is 0 Å². The summed E-state index contributed by atoms with van der Waals surface area (Å²) in [5, 5.41) is 0. The first kappa shape index (κ1) is 8.58. The van der Waals surface area contributed by atoms with Crippen molar-refractivity contribution in [3.05, 3.63) is 23.3 Å². The molecule has 0 radical (unpaired) electrons. The lowest BCUT2D eigenvalue weighted by atomic mass is 9.81. The van der Waals surface area contributed by atoms with Crippen LogP contribution in [0.1, 0.15) is 34.1 Å². The SMILES string of the molecule is CCC1=C(C)C(C)C(C)C=C1. The Morgan fingerprint density at radius 1 is 1.36 bits per heavy atom. The predicted octanol–water partition coefficient (Wildman–Crippen LogP) is 3.55. The maximum absolute atomic E-state index is 2.33. The summed E-state index contributed by atoms with van der Waals surface area (Å²) in [6.07, 6.45) is 5.80. The fourth-order valence-corrected chi connectivity index (χ4v) is 1.65. The van der Waals surface area contributed by atoms with Crippen LogP contribution in [0.4, 0.5) is 0 Å². The van der Waals surface area contributed by atoms with Crippen molar-refractivity contribution in [2.75, 3.05) is 0 Å². The predicted molar refractivity (Wildman–Crippen MR) is 50.5 cm³/mol. The minimum atomic E-state index is 0.727. The van der Waals surface area contributed by atoms with Gasteiger partial charge in [0, 0.05) is 0 Å². The van der Waals surface area contributed by atoms with E-state index in [1.165, 1.54) is 12.0 Å². The first-order valence-electron chi connectivity index (χ1n) is 4.54. The Bertz CT molecular complexity index is 196. The maximum Gasteiger partial charge on any atom is -0.0168 e. The van der Waals surface area contributed by atoms with Gasteiger partial charge in [-0.15, -0.1) is 0 Å². The molecule has 1 rings (SSSR count). The summed E-state index contributed by atoms with van der Waals surface area (Å²) < 4.78 is 0. The zero-order valence-corrected chi connectivity index (χ0v) is 8.02. The van der Waals surface area contributed by atoms with Crippen LogP contribution in [0.3, 0.4) is 0 Å². The third kappa shape index (κ3) is 1.55. The van der Waals surface area contributed by atoms with Crippen LogP contribution in [0.2, 0.25) is 0 Å². The minimum Gasteiger partial charge on any atom is -0.0808 e. The van der Waals surface area contributed by atoms with Gasteiger partial charge in [0.05, 0.1) is 0 Å². The highest BCUT2D eigenvalue weighted by Gasteiger charge is 2.16. The van der Waals surface area contributed by atoms with Crippen molar-refractivity contribution in [2.24, 2.45) is 11.8 Å². The highest BCUT2D eigenvalue weighted by Crippen LogP contribution is 2.30. The van der Waals surface area contributed by atoms with Crippen LogP contribution in [0.15, 0.2) is 23.3 Å². The molecule has 0 aliphatic heterocycles. The molecule has 2 atom stereocenters. The van der Waals surface area contributed by atoms with Gasteiger partial charge in [0.15, 0.2) is 0 Å². The van der Waals surface area contributed by atoms with Crippen LogP contribution in [0, 0.1) is 11.8 Å². The smallest absolute Gasteiger partial charge is 0.0168 e. The van der Waals surface area contributed by atoms with Crippen LogP contribution < -0.4 is 0 Å². The summed E-state index contributed by atoms with van der Waals surface area (Å²) >= 11 is 0. The lowest BCUT2D eigenvalue weighted by molar-refractivity contribution is 0.515. The molecule has 0 heteroatoms. The van der Waals surface area contributed by atoms with Gasteiger partial charge in [0.25, 0.3) is 0 Å². The van der Waals surface area contributed by atoms with Crippen molar-refractivity contribution in [2.45, 2.75) is 34.1 Å². The average Bonchev–Trinajstić information content (AvgIpc) is 2.01. The first-order chi connectivity index (χ1) is 5.16. The Balaban J connectivity index is 2.87. The van der Waals surface area contributed by atoms with E-state index in [4.69, 9.17) is 0 Å². The summed E-state index contributed by atoms with van der Waals surface area (Å²) in [6, 6.07) is 0. The molecule has 1 aliphatic rings. The van der Waals surface area contributed by atoms with Crippen LogP contribution in [0.25, 0.3) is 0 Å². The van der Waals surface area contributed by atoms with E-state index < -0.39 is 0 Å². The Labute approximate surface area is 70.0 Å². The van der Waals surface area contributed by atoms with Gasteiger partial charge >= 0.3 is 0 Å². The Kier molecular flexibility index (Phi) is 2.53. The van der Waals surface area contributed by atoms with E-state index in [0.29, 0.717) is 0 Å². The Morgan fingerprint density at radius 3 is 2.55 bits per heavy atom. The lowest BCUT2D eigenvalue weighted by Crippen LogP contribution is -2.11. The van der Waals surface area contributed by atoms with E-state index in [9.17, 15) is 0 Å². The van der Waals surface area contributed by atoms with Crippen molar-refractivity contribution >= 4 is 0 Å². The standard InChI is InChI=1S/C11H18/c1-5-11-7-6-8(2)9(3)10(11)4/h6-9H,5H2,1-4H3. The van der Waals surface area contributed by atoms with Crippen LogP contribution in [0.5, 0.6) is 0 Å². The molecule has 0 nitrogen and oxygen atoms in total. The third-order valence-electron chi connectivity index (χ3n) is 2.96. The molecular formula is C11H18. The quantitative estimate of drug-likeness (QED) is 0.536. The molecule has 0 aromatic rings.